The van der Waals surface area contributed by atoms with Gasteiger partial charge in [-0.2, -0.15) is 0 Å². The molecule has 0 fully saturated rings. The number of benzene rings is 3. The zero-order valence-corrected chi connectivity index (χ0v) is 15.1. The van der Waals surface area contributed by atoms with Crippen LogP contribution in [0.2, 0.25) is 5.02 Å². The second-order valence-corrected chi connectivity index (χ2v) is 6.65. The van der Waals surface area contributed by atoms with Crippen molar-refractivity contribution in [3.05, 3.63) is 101 Å². The smallest absolute Gasteiger partial charge is 0.339 e. The molecule has 4 nitrogen and oxygen atoms in total. The van der Waals surface area contributed by atoms with Gasteiger partial charge in [0.1, 0.15) is 0 Å². The van der Waals surface area contributed by atoms with Crippen LogP contribution in [0.4, 0.5) is 5.69 Å². The third-order valence-electron chi connectivity index (χ3n) is 4.48. The normalized spacial score (nSPS) is 15.5. The summed E-state index contributed by atoms with van der Waals surface area (Å²) in [5.74, 6) is -0.840. The molecule has 0 saturated carbocycles. The molecule has 1 unspecified atom stereocenters. The highest BCUT2D eigenvalue weighted by Gasteiger charge is 2.41. The van der Waals surface area contributed by atoms with E-state index in [2.05, 4.69) is 0 Å². The molecule has 27 heavy (non-hydrogen) atoms. The van der Waals surface area contributed by atoms with E-state index in [1.165, 1.54) is 0 Å². The maximum Gasteiger partial charge on any atom is 0.339 e. The largest absolute Gasteiger partial charge is 0.444 e. The predicted molar refractivity (Wildman–Crippen MR) is 104 cm³/mol. The van der Waals surface area contributed by atoms with Crippen LogP contribution in [0.15, 0.2) is 78.9 Å². The Morgan fingerprint density at radius 2 is 1.59 bits per heavy atom. The summed E-state index contributed by atoms with van der Waals surface area (Å²) in [5.41, 5.74) is 2.56. The van der Waals surface area contributed by atoms with E-state index in [0.29, 0.717) is 28.4 Å². The number of fused-ring (bicyclic) bond motifs is 1. The van der Waals surface area contributed by atoms with Crippen molar-refractivity contribution >= 4 is 29.2 Å². The van der Waals surface area contributed by atoms with E-state index in [0.717, 1.165) is 5.56 Å². The molecule has 1 aliphatic rings. The van der Waals surface area contributed by atoms with Gasteiger partial charge in [0.2, 0.25) is 6.10 Å². The number of esters is 1. The number of anilines is 1. The summed E-state index contributed by atoms with van der Waals surface area (Å²) in [6.45, 7) is 0.357. The van der Waals surface area contributed by atoms with Crippen LogP contribution >= 0.6 is 11.6 Å². The van der Waals surface area contributed by atoms with Crippen LogP contribution in [0.1, 0.15) is 27.6 Å². The third kappa shape index (κ3) is 3.32. The summed E-state index contributed by atoms with van der Waals surface area (Å²) < 4.78 is 5.57. The van der Waals surface area contributed by atoms with E-state index in [-0.39, 0.29) is 5.91 Å². The van der Waals surface area contributed by atoms with Gasteiger partial charge in [0.15, 0.2) is 0 Å². The number of hydrogen-bond acceptors (Lipinski definition) is 3. The molecule has 3 aromatic carbocycles. The Labute approximate surface area is 161 Å². The molecule has 0 aliphatic carbocycles. The fourth-order valence-electron chi connectivity index (χ4n) is 3.20. The number of carbonyl (C=O) groups is 2. The minimum atomic E-state index is -1.00. The number of halogens is 1. The number of ether oxygens (including phenoxy) is 1. The van der Waals surface area contributed by atoms with Gasteiger partial charge in [-0.25, -0.2) is 4.79 Å². The zero-order chi connectivity index (χ0) is 18.8. The average molecular weight is 378 g/mol. The maximum atomic E-state index is 13.1. The minimum Gasteiger partial charge on any atom is -0.444 e. The first-order valence-electron chi connectivity index (χ1n) is 8.55. The van der Waals surface area contributed by atoms with Gasteiger partial charge in [-0.3, -0.25) is 4.79 Å². The molecule has 0 radical (unpaired) electrons. The van der Waals surface area contributed by atoms with Crippen LogP contribution < -0.4 is 4.90 Å². The van der Waals surface area contributed by atoms with Crippen LogP contribution in [-0.4, -0.2) is 11.9 Å². The standard InChI is InChI=1S/C22H16ClNO3/c23-18-13-7-12-17-19(18)24(14-15-8-3-1-4-9-15)21(25)20(17)27-22(26)16-10-5-2-6-11-16/h1-13,20H,14H2. The summed E-state index contributed by atoms with van der Waals surface area (Å²) >= 11 is 6.38. The van der Waals surface area contributed by atoms with E-state index in [9.17, 15) is 9.59 Å². The Balaban J connectivity index is 1.67. The molecule has 0 spiro atoms. The van der Waals surface area contributed by atoms with E-state index in [1.54, 1.807) is 47.4 Å². The van der Waals surface area contributed by atoms with Gasteiger partial charge in [0.05, 0.1) is 22.8 Å². The van der Waals surface area contributed by atoms with Gasteiger partial charge in [0, 0.05) is 5.56 Å². The van der Waals surface area contributed by atoms with Crippen molar-refractivity contribution in [1.82, 2.24) is 0 Å². The number of amides is 1. The van der Waals surface area contributed by atoms with Gasteiger partial charge >= 0.3 is 5.97 Å². The molecule has 0 bridgehead atoms. The number of rotatable bonds is 4. The molecule has 1 amide bonds. The minimum absolute atomic E-state index is 0.300. The summed E-state index contributed by atoms with van der Waals surface area (Å²) in [5, 5.41) is 0.454. The van der Waals surface area contributed by atoms with Crippen molar-refractivity contribution in [2.75, 3.05) is 4.90 Å². The Morgan fingerprint density at radius 1 is 0.926 bits per heavy atom. The van der Waals surface area contributed by atoms with Crippen molar-refractivity contribution in [2.24, 2.45) is 0 Å². The topological polar surface area (TPSA) is 46.6 Å². The van der Waals surface area contributed by atoms with Crippen LogP contribution in [0.5, 0.6) is 0 Å². The molecular formula is C22H16ClNO3. The van der Waals surface area contributed by atoms with Gasteiger partial charge in [-0.05, 0) is 23.8 Å². The lowest BCUT2D eigenvalue weighted by atomic mass is 10.1. The molecule has 134 valence electrons. The lowest BCUT2D eigenvalue weighted by Gasteiger charge is -2.19. The number of para-hydroxylation sites is 1. The Morgan fingerprint density at radius 3 is 2.30 bits per heavy atom. The van der Waals surface area contributed by atoms with Gasteiger partial charge in [-0.1, -0.05) is 72.3 Å². The highest BCUT2D eigenvalue weighted by molar-refractivity contribution is 6.34. The zero-order valence-electron chi connectivity index (χ0n) is 14.3. The Hall–Kier alpha value is -3.11. The van der Waals surface area contributed by atoms with Crippen LogP contribution in [-0.2, 0) is 16.1 Å². The number of nitrogens with zero attached hydrogens (tertiary/aromatic N) is 1. The summed E-state index contributed by atoms with van der Waals surface area (Å²) in [4.78, 5) is 27.1. The molecule has 3 aromatic rings. The van der Waals surface area contributed by atoms with Crippen molar-refractivity contribution in [1.29, 1.82) is 0 Å². The average Bonchev–Trinajstić information content (AvgIpc) is 2.96. The number of hydrogen-bond donors (Lipinski definition) is 0. The molecule has 0 saturated heterocycles. The Bertz CT molecular complexity index is 989. The van der Waals surface area contributed by atoms with Crippen molar-refractivity contribution < 1.29 is 14.3 Å². The monoisotopic (exact) mass is 377 g/mol. The molecule has 1 atom stereocenters. The van der Waals surface area contributed by atoms with Gasteiger partial charge in [0.25, 0.3) is 5.91 Å². The van der Waals surface area contributed by atoms with Crippen LogP contribution in [0.3, 0.4) is 0 Å². The first-order chi connectivity index (χ1) is 13.1. The van der Waals surface area contributed by atoms with Crippen molar-refractivity contribution in [3.8, 4) is 0 Å². The van der Waals surface area contributed by atoms with Crippen molar-refractivity contribution in [3.63, 3.8) is 0 Å². The fraction of sp³-hybridized carbons (Fsp3) is 0.0909. The first kappa shape index (κ1) is 17.3. The molecule has 5 heteroatoms. The van der Waals surface area contributed by atoms with E-state index < -0.39 is 12.1 Å². The lowest BCUT2D eigenvalue weighted by molar-refractivity contribution is -0.126. The summed E-state index contributed by atoms with van der Waals surface area (Å²) in [6, 6.07) is 23.5. The second kappa shape index (κ2) is 7.25. The summed E-state index contributed by atoms with van der Waals surface area (Å²) in [6.07, 6.45) is -1.00. The predicted octanol–water partition coefficient (Wildman–Crippen LogP) is 4.78. The maximum absolute atomic E-state index is 13.1. The van der Waals surface area contributed by atoms with Crippen LogP contribution in [0, 0.1) is 0 Å². The molecule has 0 aromatic heterocycles. The van der Waals surface area contributed by atoms with Crippen LogP contribution in [0.25, 0.3) is 0 Å². The highest BCUT2D eigenvalue weighted by Crippen LogP contribution is 2.43. The van der Waals surface area contributed by atoms with Gasteiger partial charge < -0.3 is 9.64 Å². The van der Waals surface area contributed by atoms with Gasteiger partial charge in [-0.15, -0.1) is 0 Å². The lowest BCUT2D eigenvalue weighted by Crippen LogP contribution is -2.30. The molecule has 0 N–H and O–H groups in total. The fourth-order valence-corrected chi connectivity index (χ4v) is 3.48. The molecular weight excluding hydrogens is 362 g/mol. The molecule has 4 rings (SSSR count). The molecule has 1 aliphatic heterocycles. The third-order valence-corrected chi connectivity index (χ3v) is 4.78. The molecule has 1 heterocycles. The first-order valence-corrected chi connectivity index (χ1v) is 8.92. The second-order valence-electron chi connectivity index (χ2n) is 6.24. The van der Waals surface area contributed by atoms with Crippen molar-refractivity contribution in [2.45, 2.75) is 12.6 Å². The van der Waals surface area contributed by atoms with E-state index in [4.69, 9.17) is 16.3 Å². The highest BCUT2D eigenvalue weighted by atomic mass is 35.5. The quantitative estimate of drug-likeness (QED) is 0.614. The van der Waals surface area contributed by atoms with E-state index >= 15 is 0 Å². The van der Waals surface area contributed by atoms with E-state index in [1.807, 2.05) is 36.4 Å². The summed E-state index contributed by atoms with van der Waals surface area (Å²) in [7, 11) is 0. The Kier molecular flexibility index (Phi) is 4.65. The number of carbonyl (C=O) groups excluding carboxylic acids is 2. The SMILES string of the molecule is O=C(OC1C(=O)N(Cc2ccccc2)c2c(Cl)cccc21)c1ccccc1.